The van der Waals surface area contributed by atoms with Gasteiger partial charge in [-0.15, -0.1) is 0 Å². The van der Waals surface area contributed by atoms with Crippen LogP contribution in [0.4, 0.5) is 5.82 Å². The molecule has 20 heavy (non-hydrogen) atoms. The summed E-state index contributed by atoms with van der Waals surface area (Å²) < 4.78 is 0. The highest BCUT2D eigenvalue weighted by atomic mass is 16.1. The number of hydrogen-bond donors (Lipinski definition) is 2. The topological polar surface area (TPSA) is 54.0 Å². The number of pyridine rings is 1. The van der Waals surface area contributed by atoms with Crippen molar-refractivity contribution in [2.75, 3.05) is 11.9 Å². The Hall–Kier alpha value is -2.36. The molecule has 2 rings (SSSR count). The Kier molecular flexibility index (Phi) is 4.71. The van der Waals surface area contributed by atoms with Crippen LogP contribution >= 0.6 is 0 Å². The number of aryl methyl sites for hydroxylation is 1. The largest absolute Gasteiger partial charge is 0.370 e. The molecule has 0 unspecified atom stereocenters. The van der Waals surface area contributed by atoms with Crippen molar-refractivity contribution in [3.05, 3.63) is 59.3 Å². The Labute approximate surface area is 119 Å². The zero-order chi connectivity index (χ0) is 14.4. The summed E-state index contributed by atoms with van der Waals surface area (Å²) in [5.41, 5.74) is 2.54. The monoisotopic (exact) mass is 269 g/mol. The molecule has 1 amide bonds. The fourth-order valence-electron chi connectivity index (χ4n) is 1.95. The fourth-order valence-corrected chi connectivity index (χ4v) is 1.95. The Morgan fingerprint density at radius 2 is 1.95 bits per heavy atom. The molecule has 0 fully saturated rings. The molecule has 0 aliphatic rings. The predicted octanol–water partition coefficient (Wildman–Crippen LogP) is 2.75. The van der Waals surface area contributed by atoms with Crippen LogP contribution in [0.1, 0.15) is 28.5 Å². The summed E-state index contributed by atoms with van der Waals surface area (Å²) in [6, 6.07) is 13.4. The molecular formula is C16H19N3O. The standard InChI is InChI=1S/C16H19N3O/c1-3-17-15-10-14(9-12(2)19-15)16(20)18-11-13-7-5-4-6-8-13/h4-10H,3,11H2,1-2H3,(H,17,19)(H,18,20). The van der Waals surface area contributed by atoms with Crippen molar-refractivity contribution in [2.24, 2.45) is 0 Å². The Balaban J connectivity index is 2.05. The first-order valence-electron chi connectivity index (χ1n) is 6.73. The first kappa shape index (κ1) is 14.1. The zero-order valence-corrected chi connectivity index (χ0v) is 11.8. The molecule has 0 aliphatic carbocycles. The van der Waals surface area contributed by atoms with Crippen LogP contribution in [-0.4, -0.2) is 17.4 Å². The van der Waals surface area contributed by atoms with Crippen molar-refractivity contribution < 1.29 is 4.79 Å². The fraction of sp³-hybridized carbons (Fsp3) is 0.250. The summed E-state index contributed by atoms with van der Waals surface area (Å²) in [7, 11) is 0. The van der Waals surface area contributed by atoms with Gasteiger partial charge in [0.2, 0.25) is 0 Å². The van der Waals surface area contributed by atoms with E-state index in [-0.39, 0.29) is 5.91 Å². The highest BCUT2D eigenvalue weighted by Gasteiger charge is 2.08. The first-order chi connectivity index (χ1) is 9.69. The summed E-state index contributed by atoms with van der Waals surface area (Å²) in [5.74, 6) is 0.649. The maximum absolute atomic E-state index is 12.2. The third kappa shape index (κ3) is 3.82. The van der Waals surface area contributed by atoms with Crippen LogP contribution < -0.4 is 10.6 Å². The third-order valence-electron chi connectivity index (χ3n) is 2.87. The van der Waals surface area contributed by atoms with Gasteiger partial charge in [0.25, 0.3) is 5.91 Å². The quantitative estimate of drug-likeness (QED) is 0.877. The number of benzene rings is 1. The minimum atomic E-state index is -0.0847. The Bertz CT molecular complexity index is 582. The number of hydrogen-bond acceptors (Lipinski definition) is 3. The Morgan fingerprint density at radius 3 is 2.65 bits per heavy atom. The molecule has 0 atom stereocenters. The molecule has 2 N–H and O–H groups in total. The maximum atomic E-state index is 12.2. The van der Waals surface area contributed by atoms with Gasteiger partial charge in [0.1, 0.15) is 5.82 Å². The number of carbonyl (C=O) groups is 1. The second-order valence-electron chi connectivity index (χ2n) is 4.58. The average Bonchev–Trinajstić information content (AvgIpc) is 2.45. The van der Waals surface area contributed by atoms with E-state index in [1.165, 1.54) is 0 Å². The van der Waals surface area contributed by atoms with Gasteiger partial charge in [0, 0.05) is 24.3 Å². The first-order valence-corrected chi connectivity index (χ1v) is 6.73. The van der Waals surface area contributed by atoms with Crippen LogP contribution in [0.25, 0.3) is 0 Å². The van der Waals surface area contributed by atoms with Gasteiger partial charge < -0.3 is 10.6 Å². The van der Waals surface area contributed by atoms with Gasteiger partial charge in [-0.3, -0.25) is 4.79 Å². The van der Waals surface area contributed by atoms with Crippen LogP contribution in [0, 0.1) is 6.92 Å². The van der Waals surface area contributed by atoms with Crippen LogP contribution in [0.2, 0.25) is 0 Å². The van der Waals surface area contributed by atoms with E-state index in [0.29, 0.717) is 12.1 Å². The van der Waals surface area contributed by atoms with Crippen LogP contribution in [0.5, 0.6) is 0 Å². The molecule has 1 heterocycles. The van der Waals surface area contributed by atoms with Crippen LogP contribution in [-0.2, 0) is 6.54 Å². The summed E-state index contributed by atoms with van der Waals surface area (Å²) in [4.78, 5) is 16.5. The number of amides is 1. The van der Waals surface area contributed by atoms with E-state index in [1.807, 2.05) is 44.2 Å². The molecule has 4 heteroatoms. The lowest BCUT2D eigenvalue weighted by Crippen LogP contribution is -2.23. The van der Waals surface area contributed by atoms with Crippen molar-refractivity contribution in [3.63, 3.8) is 0 Å². The summed E-state index contributed by atoms with van der Waals surface area (Å²) in [6.45, 7) is 5.19. The molecule has 0 spiro atoms. The third-order valence-corrected chi connectivity index (χ3v) is 2.87. The second-order valence-corrected chi connectivity index (χ2v) is 4.58. The minimum absolute atomic E-state index is 0.0847. The molecule has 4 nitrogen and oxygen atoms in total. The van der Waals surface area contributed by atoms with Crippen molar-refractivity contribution in [3.8, 4) is 0 Å². The molecule has 0 saturated carbocycles. The van der Waals surface area contributed by atoms with Gasteiger partial charge in [-0.25, -0.2) is 4.98 Å². The number of aromatic nitrogens is 1. The van der Waals surface area contributed by atoms with Gasteiger partial charge in [-0.1, -0.05) is 30.3 Å². The minimum Gasteiger partial charge on any atom is -0.370 e. The predicted molar refractivity (Wildman–Crippen MR) is 80.7 cm³/mol. The molecule has 1 aromatic carbocycles. The molecule has 1 aromatic heterocycles. The highest BCUT2D eigenvalue weighted by Crippen LogP contribution is 2.10. The van der Waals surface area contributed by atoms with E-state index in [1.54, 1.807) is 12.1 Å². The number of carbonyl (C=O) groups excluding carboxylic acids is 1. The van der Waals surface area contributed by atoms with E-state index >= 15 is 0 Å². The molecule has 0 bridgehead atoms. The van der Waals surface area contributed by atoms with Crippen LogP contribution in [0.15, 0.2) is 42.5 Å². The van der Waals surface area contributed by atoms with Gasteiger partial charge >= 0.3 is 0 Å². The summed E-state index contributed by atoms with van der Waals surface area (Å²) >= 11 is 0. The molecular weight excluding hydrogens is 250 g/mol. The highest BCUT2D eigenvalue weighted by molar-refractivity contribution is 5.94. The molecule has 0 aliphatic heterocycles. The van der Waals surface area contributed by atoms with E-state index in [4.69, 9.17) is 0 Å². The lowest BCUT2D eigenvalue weighted by molar-refractivity contribution is 0.0950. The van der Waals surface area contributed by atoms with E-state index < -0.39 is 0 Å². The zero-order valence-electron chi connectivity index (χ0n) is 11.8. The van der Waals surface area contributed by atoms with Crippen molar-refractivity contribution in [2.45, 2.75) is 20.4 Å². The van der Waals surface area contributed by atoms with Crippen molar-refractivity contribution in [1.82, 2.24) is 10.3 Å². The second kappa shape index (κ2) is 6.70. The van der Waals surface area contributed by atoms with Gasteiger partial charge in [-0.05, 0) is 31.5 Å². The van der Waals surface area contributed by atoms with E-state index in [0.717, 1.165) is 23.6 Å². The average molecular weight is 269 g/mol. The Morgan fingerprint density at radius 1 is 1.20 bits per heavy atom. The molecule has 0 radical (unpaired) electrons. The van der Waals surface area contributed by atoms with E-state index in [2.05, 4.69) is 15.6 Å². The van der Waals surface area contributed by atoms with Gasteiger partial charge in [0.05, 0.1) is 0 Å². The summed E-state index contributed by atoms with van der Waals surface area (Å²) in [6.07, 6.45) is 0. The number of anilines is 1. The number of rotatable bonds is 5. The van der Waals surface area contributed by atoms with Gasteiger partial charge in [-0.2, -0.15) is 0 Å². The van der Waals surface area contributed by atoms with Crippen LogP contribution in [0.3, 0.4) is 0 Å². The lowest BCUT2D eigenvalue weighted by Gasteiger charge is -2.09. The smallest absolute Gasteiger partial charge is 0.251 e. The lowest BCUT2D eigenvalue weighted by atomic mass is 10.2. The number of nitrogens with one attached hydrogen (secondary N) is 2. The van der Waals surface area contributed by atoms with Gasteiger partial charge in [0.15, 0.2) is 0 Å². The normalized spacial score (nSPS) is 10.1. The van der Waals surface area contributed by atoms with Crippen molar-refractivity contribution >= 4 is 11.7 Å². The summed E-state index contributed by atoms with van der Waals surface area (Å²) in [5, 5.41) is 6.04. The number of nitrogens with zero attached hydrogens (tertiary/aromatic N) is 1. The molecule has 0 saturated heterocycles. The SMILES string of the molecule is CCNc1cc(C(=O)NCc2ccccc2)cc(C)n1. The van der Waals surface area contributed by atoms with Crippen molar-refractivity contribution in [1.29, 1.82) is 0 Å². The molecule has 104 valence electrons. The van der Waals surface area contributed by atoms with E-state index in [9.17, 15) is 4.79 Å². The maximum Gasteiger partial charge on any atom is 0.251 e. The molecule has 2 aromatic rings.